The molecule has 0 bridgehead atoms. The number of carboxylic acids is 1. The number of carboxylic acid groups (broad SMARTS) is 1. The van der Waals surface area contributed by atoms with Crippen molar-refractivity contribution in [2.24, 2.45) is 0 Å². The summed E-state index contributed by atoms with van der Waals surface area (Å²) >= 11 is 0. The van der Waals surface area contributed by atoms with E-state index in [1.807, 2.05) is 0 Å². The Morgan fingerprint density at radius 1 is 1.62 bits per heavy atom. The van der Waals surface area contributed by atoms with E-state index in [9.17, 15) is 4.79 Å². The lowest BCUT2D eigenvalue weighted by Crippen LogP contribution is -2.05. The summed E-state index contributed by atoms with van der Waals surface area (Å²) in [4.78, 5) is 14.6. The fourth-order valence-electron chi connectivity index (χ4n) is 1.14. The van der Waals surface area contributed by atoms with Crippen molar-refractivity contribution >= 4 is 5.97 Å². The number of pyridine rings is 1. The van der Waals surface area contributed by atoms with Gasteiger partial charge in [0.1, 0.15) is 0 Å². The molecule has 0 saturated heterocycles. The number of hydrogen-bond donors (Lipinski definition) is 2. The Bertz CT molecular complexity index is 323. The minimum absolute atomic E-state index is 0.0519. The highest BCUT2D eigenvalue weighted by molar-refractivity contribution is 5.89. The molecule has 1 aromatic heterocycles. The average molecular weight is 181 g/mol. The van der Waals surface area contributed by atoms with Gasteiger partial charge in [0.15, 0.2) is 0 Å². The van der Waals surface area contributed by atoms with Crippen LogP contribution >= 0.6 is 0 Å². The molecule has 0 radical (unpaired) electrons. The molecule has 0 aliphatic heterocycles. The predicted octanol–water partition coefficient (Wildman–Crippen LogP) is 0.623. The molecule has 4 heteroatoms. The highest BCUT2D eigenvalue weighted by atomic mass is 16.4. The second-order valence-corrected chi connectivity index (χ2v) is 2.76. The van der Waals surface area contributed by atoms with Crippen LogP contribution in [0.25, 0.3) is 0 Å². The van der Waals surface area contributed by atoms with Crippen LogP contribution in [-0.2, 0) is 6.42 Å². The van der Waals surface area contributed by atoms with Crippen molar-refractivity contribution in [3.63, 3.8) is 0 Å². The van der Waals surface area contributed by atoms with Crippen LogP contribution in [0.5, 0.6) is 0 Å². The summed E-state index contributed by atoms with van der Waals surface area (Å²) in [6.07, 6.45) is 1.67. The normalized spacial score (nSPS) is 10.0. The number of rotatable bonds is 3. The summed E-state index contributed by atoms with van der Waals surface area (Å²) in [5, 5.41) is 17.5. The zero-order valence-electron chi connectivity index (χ0n) is 7.32. The molecule has 13 heavy (non-hydrogen) atoms. The fourth-order valence-corrected chi connectivity index (χ4v) is 1.14. The van der Waals surface area contributed by atoms with Crippen LogP contribution in [0.15, 0.2) is 12.3 Å². The number of aromatic carboxylic acids is 1. The number of aliphatic hydroxyl groups is 1. The van der Waals surface area contributed by atoms with Gasteiger partial charge in [-0.3, -0.25) is 4.98 Å². The molecule has 4 nitrogen and oxygen atoms in total. The number of nitrogens with zero attached hydrogens (tertiary/aromatic N) is 1. The predicted molar refractivity (Wildman–Crippen MR) is 46.7 cm³/mol. The van der Waals surface area contributed by atoms with Crippen LogP contribution in [0.3, 0.4) is 0 Å². The van der Waals surface area contributed by atoms with Crippen LogP contribution in [0.4, 0.5) is 0 Å². The molecule has 0 unspecified atom stereocenters. The average Bonchev–Trinajstić information content (AvgIpc) is 2.04. The van der Waals surface area contributed by atoms with Crippen LogP contribution in [0.1, 0.15) is 21.6 Å². The monoisotopic (exact) mass is 181 g/mol. The standard InChI is InChI=1S/C9H11NO3/c1-6-4-7(2-3-11)8(5-10-6)9(12)13/h4-5,11H,2-3H2,1H3,(H,12,13). The lowest BCUT2D eigenvalue weighted by atomic mass is 10.1. The summed E-state index contributed by atoms with van der Waals surface area (Å²) in [6, 6.07) is 1.68. The zero-order chi connectivity index (χ0) is 9.84. The van der Waals surface area contributed by atoms with Crippen molar-refractivity contribution in [2.75, 3.05) is 6.61 Å². The molecule has 0 saturated carbocycles. The van der Waals surface area contributed by atoms with Crippen molar-refractivity contribution in [1.29, 1.82) is 0 Å². The van der Waals surface area contributed by atoms with E-state index in [0.29, 0.717) is 12.0 Å². The maximum absolute atomic E-state index is 10.7. The van der Waals surface area contributed by atoms with Gasteiger partial charge in [0.2, 0.25) is 0 Å². The van der Waals surface area contributed by atoms with E-state index in [1.54, 1.807) is 13.0 Å². The summed E-state index contributed by atoms with van der Waals surface area (Å²) in [5.74, 6) is -1.00. The van der Waals surface area contributed by atoms with Crippen LogP contribution < -0.4 is 0 Å². The number of hydrogen-bond acceptors (Lipinski definition) is 3. The van der Waals surface area contributed by atoms with Crippen LogP contribution in [0.2, 0.25) is 0 Å². The first-order chi connectivity index (χ1) is 6.15. The SMILES string of the molecule is Cc1cc(CCO)c(C(=O)O)cn1. The largest absolute Gasteiger partial charge is 0.478 e. The van der Waals surface area contributed by atoms with Crippen molar-refractivity contribution < 1.29 is 15.0 Å². The molecule has 0 spiro atoms. The Labute approximate surface area is 75.9 Å². The van der Waals surface area contributed by atoms with Crippen LogP contribution in [0, 0.1) is 6.92 Å². The smallest absolute Gasteiger partial charge is 0.337 e. The number of aromatic nitrogens is 1. The van der Waals surface area contributed by atoms with Crippen LogP contribution in [-0.4, -0.2) is 27.8 Å². The Morgan fingerprint density at radius 3 is 2.85 bits per heavy atom. The first-order valence-corrected chi connectivity index (χ1v) is 3.95. The molecule has 2 N–H and O–H groups in total. The van der Waals surface area contributed by atoms with E-state index in [2.05, 4.69) is 4.98 Å². The van der Waals surface area contributed by atoms with E-state index in [0.717, 1.165) is 5.69 Å². The molecule has 1 heterocycles. The Balaban J connectivity index is 3.10. The number of carbonyl (C=O) groups is 1. The van der Waals surface area contributed by atoms with Gasteiger partial charge < -0.3 is 10.2 Å². The number of aliphatic hydroxyl groups excluding tert-OH is 1. The van der Waals surface area contributed by atoms with Gasteiger partial charge in [-0.15, -0.1) is 0 Å². The highest BCUT2D eigenvalue weighted by Crippen LogP contribution is 2.09. The zero-order valence-corrected chi connectivity index (χ0v) is 7.32. The summed E-state index contributed by atoms with van der Waals surface area (Å²) < 4.78 is 0. The highest BCUT2D eigenvalue weighted by Gasteiger charge is 2.09. The maximum Gasteiger partial charge on any atom is 0.337 e. The molecule has 0 amide bonds. The quantitative estimate of drug-likeness (QED) is 0.717. The molecule has 0 aromatic carbocycles. The Hall–Kier alpha value is -1.42. The summed E-state index contributed by atoms with van der Waals surface area (Å²) in [6.45, 7) is 1.73. The van der Waals surface area contributed by atoms with Gasteiger partial charge in [-0.2, -0.15) is 0 Å². The second-order valence-electron chi connectivity index (χ2n) is 2.76. The topological polar surface area (TPSA) is 70.4 Å². The first-order valence-electron chi connectivity index (χ1n) is 3.95. The summed E-state index contributed by atoms with van der Waals surface area (Å²) in [5.41, 5.74) is 1.55. The van der Waals surface area contributed by atoms with E-state index >= 15 is 0 Å². The van der Waals surface area contributed by atoms with Gasteiger partial charge in [-0.1, -0.05) is 0 Å². The van der Waals surface area contributed by atoms with Crippen molar-refractivity contribution in [3.05, 3.63) is 29.1 Å². The fraction of sp³-hybridized carbons (Fsp3) is 0.333. The Morgan fingerprint density at radius 2 is 2.31 bits per heavy atom. The van der Waals surface area contributed by atoms with E-state index < -0.39 is 5.97 Å². The molecule has 0 aliphatic rings. The second kappa shape index (κ2) is 4.00. The molecule has 0 aliphatic carbocycles. The lowest BCUT2D eigenvalue weighted by molar-refractivity contribution is 0.0695. The maximum atomic E-state index is 10.7. The minimum Gasteiger partial charge on any atom is -0.478 e. The lowest BCUT2D eigenvalue weighted by Gasteiger charge is -2.04. The molecular formula is C9H11NO3. The minimum atomic E-state index is -1.00. The molecule has 0 atom stereocenters. The number of aryl methyl sites for hydroxylation is 1. The van der Waals surface area contributed by atoms with E-state index in [1.165, 1.54) is 6.20 Å². The first kappa shape index (κ1) is 9.67. The van der Waals surface area contributed by atoms with Gasteiger partial charge in [0, 0.05) is 18.5 Å². The molecule has 70 valence electrons. The third kappa shape index (κ3) is 2.26. The third-order valence-corrected chi connectivity index (χ3v) is 1.74. The van der Waals surface area contributed by atoms with E-state index in [4.69, 9.17) is 10.2 Å². The van der Waals surface area contributed by atoms with E-state index in [-0.39, 0.29) is 12.2 Å². The molecule has 0 fully saturated rings. The van der Waals surface area contributed by atoms with Crippen molar-refractivity contribution in [2.45, 2.75) is 13.3 Å². The van der Waals surface area contributed by atoms with Gasteiger partial charge in [-0.05, 0) is 25.0 Å². The van der Waals surface area contributed by atoms with Gasteiger partial charge >= 0.3 is 5.97 Å². The molecular weight excluding hydrogens is 170 g/mol. The summed E-state index contributed by atoms with van der Waals surface area (Å²) in [7, 11) is 0. The molecule has 1 aromatic rings. The van der Waals surface area contributed by atoms with Gasteiger partial charge in [0.25, 0.3) is 0 Å². The Kier molecular flexibility index (Phi) is 2.97. The van der Waals surface area contributed by atoms with Crippen molar-refractivity contribution in [3.8, 4) is 0 Å². The van der Waals surface area contributed by atoms with Gasteiger partial charge in [0.05, 0.1) is 5.56 Å². The van der Waals surface area contributed by atoms with Gasteiger partial charge in [-0.25, -0.2) is 4.79 Å². The van der Waals surface area contributed by atoms with Crippen molar-refractivity contribution in [1.82, 2.24) is 4.98 Å². The molecule has 1 rings (SSSR count). The third-order valence-electron chi connectivity index (χ3n) is 1.74.